The van der Waals surface area contributed by atoms with Gasteiger partial charge in [0, 0.05) is 66.2 Å². The van der Waals surface area contributed by atoms with Crippen molar-refractivity contribution >= 4 is 40.6 Å². The molecule has 3 heterocycles. The molecular weight excluding hydrogens is 566 g/mol. The molecule has 0 radical (unpaired) electrons. The smallest absolute Gasteiger partial charge is 0.323 e. The molecule has 1 saturated heterocycles. The summed E-state index contributed by atoms with van der Waals surface area (Å²) in [6, 6.07) is 24.8. The van der Waals surface area contributed by atoms with Gasteiger partial charge in [-0.2, -0.15) is 0 Å². The summed E-state index contributed by atoms with van der Waals surface area (Å²) in [6.45, 7) is 2.34. The number of hydrogen-bond acceptors (Lipinski definition) is 5. The first kappa shape index (κ1) is 28.4. The van der Waals surface area contributed by atoms with Crippen LogP contribution in [0.3, 0.4) is 0 Å². The summed E-state index contributed by atoms with van der Waals surface area (Å²) in [5.74, 6) is 0.795. The van der Waals surface area contributed by atoms with E-state index in [0.29, 0.717) is 40.8 Å². The summed E-state index contributed by atoms with van der Waals surface area (Å²) >= 11 is 6.27. The fourth-order valence-corrected chi connectivity index (χ4v) is 6.25. The van der Waals surface area contributed by atoms with Crippen molar-refractivity contribution in [2.45, 2.75) is 25.4 Å². The van der Waals surface area contributed by atoms with Crippen molar-refractivity contribution in [3.05, 3.63) is 117 Å². The van der Waals surface area contributed by atoms with Gasteiger partial charge in [0.15, 0.2) is 0 Å². The van der Waals surface area contributed by atoms with E-state index < -0.39 is 6.03 Å². The van der Waals surface area contributed by atoms with Gasteiger partial charge >= 0.3 is 6.03 Å². The minimum Gasteiger partial charge on any atom is -0.497 e. The minimum absolute atomic E-state index is 0.0318. The van der Waals surface area contributed by atoms with Crippen LogP contribution >= 0.6 is 11.6 Å². The standard InChI is InChI=1S/C33H32ClN5O4/c1-43-26-8-4-7-25(16-26)36-33(42)37-28-15-22(32(41)35-17-23-6-2-3-9-27(23)34)12-13-30(28)38-18-21-14-24(20-38)29-10-5-11-31(40)39(29)19-21/h2-13,15-16,21,24H,14,17-20H2,1H3,(H,35,41)(H2,36,37,42). The third kappa shape index (κ3) is 6.22. The lowest BCUT2D eigenvalue weighted by Gasteiger charge is -2.44. The Kier molecular flexibility index (Phi) is 8.07. The number of rotatable bonds is 7. The molecule has 2 bridgehead atoms. The van der Waals surface area contributed by atoms with Gasteiger partial charge in [-0.1, -0.05) is 41.9 Å². The summed E-state index contributed by atoms with van der Waals surface area (Å²) in [4.78, 5) is 41.2. The van der Waals surface area contributed by atoms with Crippen molar-refractivity contribution in [2.75, 3.05) is 35.7 Å². The van der Waals surface area contributed by atoms with Crippen LogP contribution in [0.15, 0.2) is 89.7 Å². The first-order chi connectivity index (χ1) is 20.9. The number of nitrogens with one attached hydrogen (secondary N) is 3. The highest BCUT2D eigenvalue weighted by atomic mass is 35.5. The Morgan fingerprint density at radius 1 is 0.930 bits per heavy atom. The number of carbonyl (C=O) groups excluding carboxylic acids is 2. The summed E-state index contributed by atoms with van der Waals surface area (Å²) in [6.07, 6.45) is 1.00. The number of methoxy groups -OCH3 is 1. The molecule has 0 spiro atoms. The molecule has 3 aromatic carbocycles. The molecule has 2 aliphatic rings. The number of pyridine rings is 1. The van der Waals surface area contributed by atoms with Gasteiger partial charge in [0.1, 0.15) is 5.75 Å². The number of anilines is 3. The average molecular weight is 598 g/mol. The zero-order valence-corrected chi connectivity index (χ0v) is 24.4. The van der Waals surface area contributed by atoms with Gasteiger partial charge in [0.2, 0.25) is 0 Å². The molecule has 3 N–H and O–H groups in total. The molecule has 4 aromatic rings. The molecule has 2 atom stereocenters. The number of benzene rings is 3. The topological polar surface area (TPSA) is 105 Å². The third-order valence-electron chi connectivity index (χ3n) is 8.05. The fraction of sp³-hybridized carbons (Fsp3) is 0.242. The maximum Gasteiger partial charge on any atom is 0.323 e. The molecule has 6 rings (SSSR count). The number of halogens is 1. The van der Waals surface area contributed by atoms with Gasteiger partial charge in [-0.25, -0.2) is 4.79 Å². The Morgan fingerprint density at radius 3 is 2.60 bits per heavy atom. The van der Waals surface area contributed by atoms with Gasteiger partial charge < -0.3 is 30.2 Å². The van der Waals surface area contributed by atoms with Crippen LogP contribution in [-0.4, -0.2) is 36.7 Å². The van der Waals surface area contributed by atoms with Crippen LogP contribution < -0.4 is 31.1 Å². The largest absolute Gasteiger partial charge is 0.497 e. The molecule has 9 nitrogen and oxygen atoms in total. The average Bonchev–Trinajstić information content (AvgIpc) is 3.01. The Bertz CT molecular complexity index is 1740. The van der Waals surface area contributed by atoms with E-state index in [0.717, 1.165) is 29.9 Å². The van der Waals surface area contributed by atoms with Gasteiger partial charge in [-0.15, -0.1) is 0 Å². The second kappa shape index (κ2) is 12.2. The van der Waals surface area contributed by atoms with Crippen molar-refractivity contribution in [2.24, 2.45) is 5.92 Å². The van der Waals surface area contributed by atoms with E-state index in [1.165, 1.54) is 0 Å². The number of urea groups is 1. The fourth-order valence-electron chi connectivity index (χ4n) is 6.05. The maximum atomic E-state index is 13.2. The Balaban J connectivity index is 1.27. The molecule has 0 saturated carbocycles. The van der Waals surface area contributed by atoms with Gasteiger partial charge in [0.25, 0.3) is 11.5 Å². The van der Waals surface area contributed by atoms with Crippen LogP contribution in [0.5, 0.6) is 5.75 Å². The highest BCUT2D eigenvalue weighted by Gasteiger charge is 2.35. The monoisotopic (exact) mass is 597 g/mol. The molecular formula is C33H32ClN5O4. The first-order valence-electron chi connectivity index (χ1n) is 14.2. The molecule has 1 fully saturated rings. The summed E-state index contributed by atoms with van der Waals surface area (Å²) in [7, 11) is 1.57. The number of hydrogen-bond donors (Lipinski definition) is 3. The van der Waals surface area contributed by atoms with Crippen molar-refractivity contribution < 1.29 is 14.3 Å². The molecule has 43 heavy (non-hydrogen) atoms. The van der Waals surface area contributed by atoms with Crippen molar-refractivity contribution in [3.63, 3.8) is 0 Å². The Labute approximate surface area is 254 Å². The molecule has 0 aliphatic carbocycles. The molecule has 2 unspecified atom stereocenters. The second-order valence-electron chi connectivity index (χ2n) is 10.9. The van der Waals surface area contributed by atoms with Crippen molar-refractivity contribution in [3.8, 4) is 5.75 Å². The lowest BCUT2D eigenvalue weighted by atomic mass is 9.83. The molecule has 1 aromatic heterocycles. The number of ether oxygens (including phenoxy) is 1. The lowest BCUT2D eigenvalue weighted by molar-refractivity contribution is 0.0951. The highest BCUT2D eigenvalue weighted by Crippen LogP contribution is 2.39. The number of amides is 3. The van der Waals surface area contributed by atoms with Crippen molar-refractivity contribution in [1.29, 1.82) is 0 Å². The van der Waals surface area contributed by atoms with E-state index >= 15 is 0 Å². The highest BCUT2D eigenvalue weighted by molar-refractivity contribution is 6.31. The van der Waals surface area contributed by atoms with Crippen LogP contribution in [-0.2, 0) is 13.1 Å². The molecule has 10 heteroatoms. The van der Waals surface area contributed by atoms with Crippen LogP contribution in [0, 0.1) is 5.92 Å². The molecule has 2 aliphatic heterocycles. The van der Waals surface area contributed by atoms with Gasteiger partial charge in [0.05, 0.1) is 18.5 Å². The molecule has 220 valence electrons. The number of nitrogens with zero attached hydrogens (tertiary/aromatic N) is 2. The normalized spacial score (nSPS) is 17.0. The Morgan fingerprint density at radius 2 is 1.77 bits per heavy atom. The summed E-state index contributed by atoms with van der Waals surface area (Å²) in [5, 5.41) is 9.33. The van der Waals surface area contributed by atoms with Crippen molar-refractivity contribution in [1.82, 2.24) is 9.88 Å². The van der Waals surface area contributed by atoms with Crippen LogP contribution in [0.2, 0.25) is 5.02 Å². The minimum atomic E-state index is -0.447. The van der Waals surface area contributed by atoms with E-state index in [2.05, 4.69) is 20.9 Å². The summed E-state index contributed by atoms with van der Waals surface area (Å²) < 4.78 is 7.17. The zero-order valence-electron chi connectivity index (χ0n) is 23.7. The van der Waals surface area contributed by atoms with Crippen LogP contribution in [0.1, 0.15) is 34.0 Å². The van der Waals surface area contributed by atoms with Gasteiger partial charge in [-0.05, 0) is 60.4 Å². The van der Waals surface area contributed by atoms with Crippen LogP contribution in [0.4, 0.5) is 21.9 Å². The van der Waals surface area contributed by atoms with E-state index in [-0.39, 0.29) is 29.8 Å². The predicted molar refractivity (Wildman–Crippen MR) is 168 cm³/mol. The number of piperidine rings is 1. The lowest BCUT2D eigenvalue weighted by Crippen LogP contribution is -2.47. The number of carbonyl (C=O) groups is 2. The summed E-state index contributed by atoms with van der Waals surface area (Å²) in [5.41, 5.74) is 4.17. The second-order valence-corrected chi connectivity index (χ2v) is 11.3. The number of fused-ring (bicyclic) bond motifs is 4. The van der Waals surface area contributed by atoms with E-state index in [4.69, 9.17) is 16.3 Å². The quantitative estimate of drug-likeness (QED) is 0.253. The Hall–Kier alpha value is -4.76. The van der Waals surface area contributed by atoms with E-state index in [1.807, 2.05) is 41.0 Å². The van der Waals surface area contributed by atoms with E-state index in [1.54, 1.807) is 55.6 Å². The van der Waals surface area contributed by atoms with E-state index in [9.17, 15) is 14.4 Å². The third-order valence-corrected chi connectivity index (χ3v) is 8.42. The first-order valence-corrected chi connectivity index (χ1v) is 14.6. The number of aromatic nitrogens is 1. The predicted octanol–water partition coefficient (Wildman–Crippen LogP) is 5.71. The SMILES string of the molecule is COc1cccc(NC(=O)Nc2cc(C(=O)NCc3ccccc3Cl)ccc2N2CC3CC(C2)c2cccc(=O)n2C3)c1. The molecule has 3 amide bonds. The van der Waals surface area contributed by atoms with Gasteiger partial charge in [-0.3, -0.25) is 9.59 Å². The van der Waals surface area contributed by atoms with Crippen LogP contribution in [0.25, 0.3) is 0 Å². The zero-order chi connectivity index (χ0) is 29.9. The maximum absolute atomic E-state index is 13.2.